The first-order valence-electron chi connectivity index (χ1n) is 4.82. The maximum absolute atomic E-state index is 10.8. The van der Waals surface area contributed by atoms with E-state index in [0.29, 0.717) is 18.3 Å². The fraction of sp³-hybridized carbons (Fsp3) is 0.364. The Morgan fingerprint density at radius 2 is 2.20 bits per heavy atom. The molecule has 0 saturated heterocycles. The van der Waals surface area contributed by atoms with Crippen molar-refractivity contribution in [2.75, 3.05) is 6.61 Å². The summed E-state index contributed by atoms with van der Waals surface area (Å²) in [7, 11) is 0. The lowest BCUT2D eigenvalue weighted by molar-refractivity contribution is 0.0696. The van der Waals surface area contributed by atoms with Gasteiger partial charge in [0.05, 0.1) is 12.2 Å². The molecule has 3 nitrogen and oxygen atoms in total. The maximum atomic E-state index is 10.8. The summed E-state index contributed by atoms with van der Waals surface area (Å²) >= 11 is 3.26. The number of aromatic carboxylic acids is 1. The van der Waals surface area contributed by atoms with Crippen LogP contribution in [0.4, 0.5) is 0 Å². The predicted molar refractivity (Wildman–Crippen MR) is 59.3 cm³/mol. The number of halogens is 1. The lowest BCUT2D eigenvalue weighted by atomic mass is 10.2. The largest absolute Gasteiger partial charge is 0.493 e. The second-order valence-electron chi connectivity index (χ2n) is 3.74. The van der Waals surface area contributed by atoms with Crippen LogP contribution in [0.2, 0.25) is 0 Å². The van der Waals surface area contributed by atoms with E-state index in [2.05, 4.69) is 15.9 Å². The summed E-state index contributed by atoms with van der Waals surface area (Å²) in [6.45, 7) is 0.690. The number of carbonyl (C=O) groups is 1. The van der Waals surface area contributed by atoms with Gasteiger partial charge in [-0.3, -0.25) is 0 Å². The van der Waals surface area contributed by atoms with E-state index in [1.807, 2.05) is 0 Å². The summed E-state index contributed by atoms with van der Waals surface area (Å²) in [6, 6.07) is 4.90. The smallest absolute Gasteiger partial charge is 0.335 e. The van der Waals surface area contributed by atoms with E-state index in [4.69, 9.17) is 9.84 Å². The SMILES string of the molecule is O=C(O)c1cc(Br)cc(OCC2CC2)c1. The summed E-state index contributed by atoms with van der Waals surface area (Å²) in [5.41, 5.74) is 0.246. The molecule has 0 unspecified atom stereocenters. The van der Waals surface area contributed by atoms with Crippen molar-refractivity contribution in [2.24, 2.45) is 5.92 Å². The van der Waals surface area contributed by atoms with Gasteiger partial charge in [0.25, 0.3) is 0 Å². The number of hydrogen-bond donors (Lipinski definition) is 1. The van der Waals surface area contributed by atoms with Gasteiger partial charge in [-0.15, -0.1) is 0 Å². The highest BCUT2D eigenvalue weighted by Gasteiger charge is 2.22. The molecule has 1 N–H and O–H groups in total. The molecule has 1 fully saturated rings. The van der Waals surface area contributed by atoms with Crippen molar-refractivity contribution in [3.63, 3.8) is 0 Å². The van der Waals surface area contributed by atoms with E-state index in [1.165, 1.54) is 12.8 Å². The van der Waals surface area contributed by atoms with Crippen LogP contribution in [0.3, 0.4) is 0 Å². The Labute approximate surface area is 96.2 Å². The molecule has 1 aliphatic rings. The van der Waals surface area contributed by atoms with Gasteiger partial charge in [-0.2, -0.15) is 0 Å². The van der Waals surface area contributed by atoms with E-state index < -0.39 is 5.97 Å². The number of carboxylic acid groups (broad SMARTS) is 1. The number of hydrogen-bond acceptors (Lipinski definition) is 2. The average Bonchev–Trinajstić information content (AvgIpc) is 2.97. The molecule has 80 valence electrons. The lowest BCUT2D eigenvalue weighted by Crippen LogP contribution is -2.01. The van der Waals surface area contributed by atoms with Crippen molar-refractivity contribution in [3.05, 3.63) is 28.2 Å². The minimum atomic E-state index is -0.937. The van der Waals surface area contributed by atoms with Crippen molar-refractivity contribution in [1.29, 1.82) is 0 Å². The predicted octanol–water partition coefficient (Wildman–Crippen LogP) is 2.94. The van der Waals surface area contributed by atoms with Crippen LogP contribution in [0.5, 0.6) is 5.75 Å². The number of ether oxygens (including phenoxy) is 1. The maximum Gasteiger partial charge on any atom is 0.335 e. The van der Waals surface area contributed by atoms with Crippen molar-refractivity contribution < 1.29 is 14.6 Å². The molecule has 15 heavy (non-hydrogen) atoms. The quantitative estimate of drug-likeness (QED) is 0.915. The Morgan fingerprint density at radius 1 is 1.47 bits per heavy atom. The van der Waals surface area contributed by atoms with E-state index in [9.17, 15) is 4.79 Å². The molecular weight excluding hydrogens is 260 g/mol. The second kappa shape index (κ2) is 4.23. The van der Waals surface area contributed by atoms with E-state index in [1.54, 1.807) is 18.2 Å². The fourth-order valence-electron chi connectivity index (χ4n) is 1.27. The molecule has 0 aromatic heterocycles. The molecule has 1 saturated carbocycles. The van der Waals surface area contributed by atoms with Gasteiger partial charge in [0.15, 0.2) is 0 Å². The number of rotatable bonds is 4. The van der Waals surface area contributed by atoms with Crippen LogP contribution in [0.25, 0.3) is 0 Å². The summed E-state index contributed by atoms with van der Waals surface area (Å²) < 4.78 is 6.24. The highest BCUT2D eigenvalue weighted by atomic mass is 79.9. The van der Waals surface area contributed by atoms with Crippen molar-refractivity contribution >= 4 is 21.9 Å². The third-order valence-corrected chi connectivity index (χ3v) is 2.76. The Bertz CT molecular complexity index is 385. The van der Waals surface area contributed by atoms with Crippen molar-refractivity contribution in [1.82, 2.24) is 0 Å². The first kappa shape index (κ1) is 10.5. The minimum Gasteiger partial charge on any atom is -0.493 e. The molecule has 0 heterocycles. The van der Waals surface area contributed by atoms with Crippen LogP contribution in [-0.2, 0) is 0 Å². The summed E-state index contributed by atoms with van der Waals surface area (Å²) in [5.74, 6) is 0.346. The van der Waals surface area contributed by atoms with Crippen LogP contribution in [0.15, 0.2) is 22.7 Å². The van der Waals surface area contributed by atoms with Crippen LogP contribution in [0, 0.1) is 5.92 Å². The minimum absolute atomic E-state index is 0.246. The normalized spacial score (nSPS) is 15.0. The zero-order valence-electron chi connectivity index (χ0n) is 8.07. The van der Waals surface area contributed by atoms with Gasteiger partial charge in [0.1, 0.15) is 5.75 Å². The Hall–Kier alpha value is -1.03. The Kier molecular flexibility index (Phi) is 2.95. The van der Waals surface area contributed by atoms with Gasteiger partial charge >= 0.3 is 5.97 Å². The van der Waals surface area contributed by atoms with Gasteiger partial charge in [-0.25, -0.2) is 4.79 Å². The molecular formula is C11H11BrO3. The zero-order chi connectivity index (χ0) is 10.8. The molecule has 0 aliphatic heterocycles. The topological polar surface area (TPSA) is 46.5 Å². The van der Waals surface area contributed by atoms with Gasteiger partial charge in [0.2, 0.25) is 0 Å². The third kappa shape index (κ3) is 2.96. The first-order chi connectivity index (χ1) is 7.15. The van der Waals surface area contributed by atoms with Gasteiger partial charge < -0.3 is 9.84 Å². The lowest BCUT2D eigenvalue weighted by Gasteiger charge is -2.06. The van der Waals surface area contributed by atoms with Crippen molar-refractivity contribution in [3.8, 4) is 5.75 Å². The van der Waals surface area contributed by atoms with E-state index >= 15 is 0 Å². The monoisotopic (exact) mass is 270 g/mol. The molecule has 4 heteroatoms. The Morgan fingerprint density at radius 3 is 2.80 bits per heavy atom. The van der Waals surface area contributed by atoms with Crippen LogP contribution < -0.4 is 4.74 Å². The molecule has 0 atom stereocenters. The van der Waals surface area contributed by atoms with Crippen LogP contribution in [-0.4, -0.2) is 17.7 Å². The van der Waals surface area contributed by atoms with E-state index in [0.717, 1.165) is 4.47 Å². The molecule has 0 spiro atoms. The standard InChI is InChI=1S/C11H11BrO3/c12-9-3-8(11(13)14)4-10(5-9)15-6-7-1-2-7/h3-5,7H,1-2,6H2,(H,13,14). The number of carboxylic acids is 1. The van der Waals surface area contributed by atoms with Crippen molar-refractivity contribution in [2.45, 2.75) is 12.8 Å². The van der Waals surface area contributed by atoms with E-state index in [-0.39, 0.29) is 5.56 Å². The average molecular weight is 271 g/mol. The highest BCUT2D eigenvalue weighted by Crippen LogP contribution is 2.30. The molecule has 1 aliphatic carbocycles. The second-order valence-corrected chi connectivity index (χ2v) is 4.65. The summed E-state index contributed by atoms with van der Waals surface area (Å²) in [6.07, 6.45) is 2.44. The van der Waals surface area contributed by atoms with Gasteiger partial charge in [-0.1, -0.05) is 15.9 Å². The first-order valence-corrected chi connectivity index (χ1v) is 5.61. The van der Waals surface area contributed by atoms with Crippen LogP contribution >= 0.6 is 15.9 Å². The molecule has 1 aromatic carbocycles. The highest BCUT2D eigenvalue weighted by molar-refractivity contribution is 9.10. The Balaban J connectivity index is 2.10. The summed E-state index contributed by atoms with van der Waals surface area (Å²) in [4.78, 5) is 10.8. The zero-order valence-corrected chi connectivity index (χ0v) is 9.66. The number of benzene rings is 1. The molecule has 0 amide bonds. The van der Waals surface area contributed by atoms with Crippen LogP contribution in [0.1, 0.15) is 23.2 Å². The molecule has 0 bridgehead atoms. The van der Waals surface area contributed by atoms with Gasteiger partial charge in [-0.05, 0) is 37.0 Å². The third-order valence-electron chi connectivity index (χ3n) is 2.30. The molecule has 1 aromatic rings. The fourth-order valence-corrected chi connectivity index (χ4v) is 1.74. The summed E-state index contributed by atoms with van der Waals surface area (Å²) in [5, 5.41) is 8.85. The molecule has 0 radical (unpaired) electrons. The molecule has 2 rings (SSSR count). The van der Waals surface area contributed by atoms with Gasteiger partial charge in [0, 0.05) is 4.47 Å².